The van der Waals surface area contributed by atoms with Gasteiger partial charge in [-0.3, -0.25) is 9.59 Å². The van der Waals surface area contributed by atoms with Crippen LogP contribution < -0.4 is 10.6 Å². The standard InChI is InChI=1S/C19H19ClN4O2/c20-15-7-5-14(6-8-15)19(26)22-11-10-21-18(25)9-12-24-13-23-16-3-1-2-4-17(16)24/h1-8,13H,9-12H2,(H,21,25)(H,22,26). The first-order valence-electron chi connectivity index (χ1n) is 8.34. The lowest BCUT2D eigenvalue weighted by atomic mass is 10.2. The molecule has 2 N–H and O–H groups in total. The Morgan fingerprint density at radius 2 is 1.73 bits per heavy atom. The summed E-state index contributed by atoms with van der Waals surface area (Å²) in [6, 6.07) is 14.4. The zero-order valence-electron chi connectivity index (χ0n) is 14.1. The predicted octanol–water partition coefficient (Wildman–Crippen LogP) is 2.63. The van der Waals surface area contributed by atoms with Crippen molar-refractivity contribution in [2.45, 2.75) is 13.0 Å². The molecule has 7 heteroatoms. The summed E-state index contributed by atoms with van der Waals surface area (Å²) in [6.45, 7) is 1.30. The summed E-state index contributed by atoms with van der Waals surface area (Å²) < 4.78 is 1.96. The lowest BCUT2D eigenvalue weighted by molar-refractivity contribution is -0.121. The number of aryl methyl sites for hydroxylation is 1. The molecule has 3 rings (SSSR count). The third-order valence-corrected chi connectivity index (χ3v) is 4.20. The molecule has 2 aromatic carbocycles. The average molecular weight is 371 g/mol. The van der Waals surface area contributed by atoms with Crippen LogP contribution in [0.3, 0.4) is 0 Å². The number of nitrogens with one attached hydrogen (secondary N) is 2. The zero-order chi connectivity index (χ0) is 18.4. The molecule has 0 aliphatic carbocycles. The molecule has 0 fully saturated rings. The first-order valence-corrected chi connectivity index (χ1v) is 8.71. The largest absolute Gasteiger partial charge is 0.354 e. The molecule has 6 nitrogen and oxygen atoms in total. The molecule has 0 aliphatic rings. The number of aromatic nitrogens is 2. The van der Waals surface area contributed by atoms with Crippen molar-refractivity contribution < 1.29 is 9.59 Å². The van der Waals surface area contributed by atoms with Crippen molar-refractivity contribution in [1.29, 1.82) is 0 Å². The molecule has 3 aromatic rings. The second kappa shape index (κ2) is 8.49. The van der Waals surface area contributed by atoms with E-state index >= 15 is 0 Å². The summed E-state index contributed by atoms with van der Waals surface area (Å²) in [6.07, 6.45) is 2.09. The van der Waals surface area contributed by atoms with Crippen LogP contribution in [0.2, 0.25) is 5.02 Å². The number of amides is 2. The van der Waals surface area contributed by atoms with Crippen LogP contribution in [0.5, 0.6) is 0 Å². The van der Waals surface area contributed by atoms with Gasteiger partial charge in [-0.25, -0.2) is 4.98 Å². The number of carbonyl (C=O) groups is 2. The van der Waals surface area contributed by atoms with Gasteiger partial charge in [0.1, 0.15) is 0 Å². The summed E-state index contributed by atoms with van der Waals surface area (Å²) in [5.41, 5.74) is 2.46. The van der Waals surface area contributed by atoms with Gasteiger partial charge in [0.2, 0.25) is 5.91 Å². The maximum Gasteiger partial charge on any atom is 0.251 e. The Hall–Kier alpha value is -2.86. The summed E-state index contributed by atoms with van der Waals surface area (Å²) in [5, 5.41) is 6.14. The Morgan fingerprint density at radius 3 is 2.54 bits per heavy atom. The van der Waals surface area contributed by atoms with E-state index in [9.17, 15) is 9.59 Å². The highest BCUT2D eigenvalue weighted by molar-refractivity contribution is 6.30. The van der Waals surface area contributed by atoms with E-state index in [-0.39, 0.29) is 11.8 Å². The minimum Gasteiger partial charge on any atom is -0.354 e. The molecule has 0 bridgehead atoms. The van der Waals surface area contributed by atoms with E-state index in [1.807, 2.05) is 28.8 Å². The highest BCUT2D eigenvalue weighted by Crippen LogP contribution is 2.12. The van der Waals surface area contributed by atoms with Crippen LogP contribution in [0.15, 0.2) is 54.9 Å². The molecule has 0 saturated carbocycles. The van der Waals surface area contributed by atoms with Gasteiger partial charge in [-0.1, -0.05) is 23.7 Å². The third kappa shape index (κ3) is 4.61. The van der Waals surface area contributed by atoms with Gasteiger partial charge in [-0.05, 0) is 36.4 Å². The summed E-state index contributed by atoms with van der Waals surface area (Å²) >= 11 is 5.79. The van der Waals surface area contributed by atoms with E-state index in [0.717, 1.165) is 11.0 Å². The number of benzene rings is 2. The normalized spacial score (nSPS) is 10.7. The molecule has 0 radical (unpaired) electrons. The highest BCUT2D eigenvalue weighted by Gasteiger charge is 2.07. The number of halogens is 1. The molecule has 2 amide bonds. The van der Waals surface area contributed by atoms with E-state index < -0.39 is 0 Å². The topological polar surface area (TPSA) is 76.0 Å². The lowest BCUT2D eigenvalue weighted by Crippen LogP contribution is -2.34. The fourth-order valence-electron chi connectivity index (χ4n) is 2.58. The van der Waals surface area contributed by atoms with Crippen LogP contribution in [0.25, 0.3) is 11.0 Å². The van der Waals surface area contributed by atoms with Crippen molar-refractivity contribution in [1.82, 2.24) is 20.2 Å². The molecule has 0 saturated heterocycles. The van der Waals surface area contributed by atoms with Gasteiger partial charge in [0.25, 0.3) is 5.91 Å². The van der Waals surface area contributed by atoms with Gasteiger partial charge >= 0.3 is 0 Å². The van der Waals surface area contributed by atoms with E-state index in [4.69, 9.17) is 11.6 Å². The Morgan fingerprint density at radius 1 is 1.00 bits per heavy atom. The molecular weight excluding hydrogens is 352 g/mol. The van der Waals surface area contributed by atoms with Crippen molar-refractivity contribution in [3.63, 3.8) is 0 Å². The Labute approximate surface area is 156 Å². The number of para-hydroxylation sites is 2. The van der Waals surface area contributed by atoms with Crippen molar-refractivity contribution in [2.24, 2.45) is 0 Å². The van der Waals surface area contributed by atoms with Crippen molar-refractivity contribution >= 4 is 34.4 Å². The fourth-order valence-corrected chi connectivity index (χ4v) is 2.71. The number of hydrogen-bond acceptors (Lipinski definition) is 3. The van der Waals surface area contributed by atoms with Gasteiger partial charge in [-0.2, -0.15) is 0 Å². The molecule has 26 heavy (non-hydrogen) atoms. The molecule has 0 spiro atoms. The summed E-state index contributed by atoms with van der Waals surface area (Å²) in [7, 11) is 0. The SMILES string of the molecule is O=C(CCn1cnc2ccccc21)NCCNC(=O)c1ccc(Cl)cc1. The average Bonchev–Trinajstić information content (AvgIpc) is 3.07. The van der Waals surface area contributed by atoms with E-state index in [2.05, 4.69) is 15.6 Å². The zero-order valence-corrected chi connectivity index (χ0v) is 14.9. The monoisotopic (exact) mass is 370 g/mol. The van der Waals surface area contributed by atoms with Crippen LogP contribution in [0, 0.1) is 0 Å². The first-order chi connectivity index (χ1) is 12.6. The van der Waals surface area contributed by atoms with Crippen LogP contribution in [0.1, 0.15) is 16.8 Å². The van der Waals surface area contributed by atoms with Crippen LogP contribution in [-0.2, 0) is 11.3 Å². The number of imidazole rings is 1. The molecule has 134 valence electrons. The summed E-state index contributed by atoms with van der Waals surface area (Å²) in [5.74, 6) is -0.260. The van der Waals surface area contributed by atoms with Gasteiger partial charge in [0.15, 0.2) is 0 Å². The molecule has 0 aliphatic heterocycles. The van der Waals surface area contributed by atoms with E-state index in [0.29, 0.717) is 36.6 Å². The Kier molecular flexibility index (Phi) is 5.86. The third-order valence-electron chi connectivity index (χ3n) is 3.95. The molecule has 1 heterocycles. The van der Waals surface area contributed by atoms with Crippen molar-refractivity contribution in [3.05, 3.63) is 65.4 Å². The fraction of sp³-hybridized carbons (Fsp3) is 0.211. The lowest BCUT2D eigenvalue weighted by Gasteiger charge is -2.08. The van der Waals surface area contributed by atoms with Gasteiger partial charge < -0.3 is 15.2 Å². The predicted molar refractivity (Wildman–Crippen MR) is 101 cm³/mol. The quantitative estimate of drug-likeness (QED) is 0.628. The minimum absolute atomic E-state index is 0.0662. The maximum atomic E-state index is 12.0. The van der Waals surface area contributed by atoms with Crippen LogP contribution in [-0.4, -0.2) is 34.5 Å². The Balaban J connectivity index is 1.38. The van der Waals surface area contributed by atoms with E-state index in [1.165, 1.54) is 0 Å². The number of rotatable bonds is 7. The molecule has 0 atom stereocenters. The number of nitrogens with zero attached hydrogens (tertiary/aromatic N) is 2. The Bertz CT molecular complexity index is 905. The second-order valence-corrected chi connectivity index (χ2v) is 6.23. The van der Waals surface area contributed by atoms with Gasteiger partial charge in [0.05, 0.1) is 17.4 Å². The summed E-state index contributed by atoms with van der Waals surface area (Å²) in [4.78, 5) is 28.2. The second-order valence-electron chi connectivity index (χ2n) is 5.79. The maximum absolute atomic E-state index is 12.0. The van der Waals surface area contributed by atoms with E-state index in [1.54, 1.807) is 30.6 Å². The molecule has 0 unspecified atom stereocenters. The van der Waals surface area contributed by atoms with Crippen molar-refractivity contribution in [3.8, 4) is 0 Å². The van der Waals surface area contributed by atoms with Gasteiger partial charge in [-0.15, -0.1) is 0 Å². The molecular formula is C19H19ClN4O2. The first kappa shape index (κ1) is 17.9. The van der Waals surface area contributed by atoms with Crippen molar-refractivity contribution in [2.75, 3.05) is 13.1 Å². The van der Waals surface area contributed by atoms with Gasteiger partial charge in [0, 0.05) is 36.6 Å². The minimum atomic E-state index is -0.194. The number of hydrogen-bond donors (Lipinski definition) is 2. The van der Waals surface area contributed by atoms with Crippen LogP contribution in [0.4, 0.5) is 0 Å². The highest BCUT2D eigenvalue weighted by atomic mass is 35.5. The number of fused-ring (bicyclic) bond motifs is 1. The smallest absolute Gasteiger partial charge is 0.251 e. The number of carbonyl (C=O) groups excluding carboxylic acids is 2. The van der Waals surface area contributed by atoms with Crippen LogP contribution >= 0.6 is 11.6 Å². The molecule has 1 aromatic heterocycles.